The van der Waals surface area contributed by atoms with Crippen molar-refractivity contribution in [3.05, 3.63) is 24.3 Å². The summed E-state index contributed by atoms with van der Waals surface area (Å²) in [4.78, 5) is 10.1. The highest BCUT2D eigenvalue weighted by Gasteiger charge is 1.86. The van der Waals surface area contributed by atoms with Gasteiger partial charge in [-0.15, -0.1) is 0 Å². The van der Waals surface area contributed by atoms with Crippen LogP contribution in [0.2, 0.25) is 0 Å². The number of unbranched alkanes of at least 4 members (excludes halogenated alkanes) is 5. The quantitative estimate of drug-likeness (QED) is 0.422. The van der Waals surface area contributed by atoms with Gasteiger partial charge in [-0.05, 0) is 38.5 Å². The van der Waals surface area contributed by atoms with E-state index in [-0.39, 0.29) is 6.42 Å². The van der Waals surface area contributed by atoms with Gasteiger partial charge >= 0.3 is 0 Å². The molecule has 0 amide bonds. The Bertz CT molecular complexity index is 217. The number of allylic oxidation sites excluding steroid dienone is 4. The van der Waals surface area contributed by atoms with E-state index in [1.54, 1.807) is 0 Å². The van der Waals surface area contributed by atoms with E-state index >= 15 is 0 Å². The van der Waals surface area contributed by atoms with Crippen molar-refractivity contribution in [2.75, 3.05) is 0 Å². The van der Waals surface area contributed by atoms with Gasteiger partial charge in [0.05, 0.1) is 0 Å². The topological polar surface area (TPSA) is 40.1 Å². The molecule has 0 aliphatic heterocycles. The molecule has 2 nitrogen and oxygen atoms in total. The van der Waals surface area contributed by atoms with E-state index in [1.165, 1.54) is 19.3 Å². The first-order chi connectivity index (χ1) is 7.77. The first-order valence-electron chi connectivity index (χ1n) is 6.29. The van der Waals surface area contributed by atoms with Crippen LogP contribution in [0, 0.1) is 0 Å². The SMILES string of the molecule is CCCCC/C=C/C=C/CCCCC(=O)[O-]. The molecule has 0 saturated heterocycles. The van der Waals surface area contributed by atoms with Crippen molar-refractivity contribution in [1.29, 1.82) is 0 Å². The number of hydrogen-bond donors (Lipinski definition) is 0. The van der Waals surface area contributed by atoms with E-state index in [1.807, 2.05) is 6.08 Å². The smallest absolute Gasteiger partial charge is 0.0414 e. The number of carbonyl (C=O) groups excluding carboxylic acids is 1. The number of carbonyl (C=O) groups is 1. The fourth-order valence-corrected chi connectivity index (χ4v) is 1.39. The molecule has 0 aliphatic carbocycles. The van der Waals surface area contributed by atoms with Gasteiger partial charge in [0.2, 0.25) is 0 Å². The Hall–Kier alpha value is -1.05. The summed E-state index contributed by atoms with van der Waals surface area (Å²) in [5, 5.41) is 10.1. The van der Waals surface area contributed by atoms with Crippen LogP contribution in [-0.4, -0.2) is 5.97 Å². The molecular formula is C14H23O2-. The number of carboxylic acid groups (broad SMARTS) is 1. The standard InChI is InChI=1S/C14H24O2/c1-2-3-4-5-6-7-8-9-10-11-12-13-14(15)16/h6-9H,2-5,10-13H2,1H3,(H,15,16)/p-1/b7-6+,9-8+. The molecule has 0 spiro atoms. The summed E-state index contributed by atoms with van der Waals surface area (Å²) < 4.78 is 0. The van der Waals surface area contributed by atoms with Crippen LogP contribution < -0.4 is 5.11 Å². The molecule has 0 N–H and O–H groups in total. The second-order valence-corrected chi connectivity index (χ2v) is 3.97. The molecule has 0 aromatic carbocycles. The van der Waals surface area contributed by atoms with Crippen molar-refractivity contribution in [2.45, 2.75) is 58.3 Å². The molecule has 2 heteroatoms. The number of carboxylic acids is 1. The Balaban J connectivity index is 3.23. The highest BCUT2D eigenvalue weighted by molar-refractivity contribution is 5.64. The Kier molecular flexibility index (Phi) is 11.2. The van der Waals surface area contributed by atoms with Gasteiger partial charge in [-0.2, -0.15) is 0 Å². The molecule has 0 atom stereocenters. The minimum absolute atomic E-state index is 0.181. The van der Waals surface area contributed by atoms with E-state index < -0.39 is 5.97 Å². The van der Waals surface area contributed by atoms with Gasteiger partial charge in [0.1, 0.15) is 0 Å². The van der Waals surface area contributed by atoms with E-state index in [2.05, 4.69) is 25.2 Å². The van der Waals surface area contributed by atoms with Crippen LogP contribution in [0.1, 0.15) is 58.3 Å². The average Bonchev–Trinajstić information content (AvgIpc) is 2.25. The molecule has 92 valence electrons. The summed E-state index contributed by atoms with van der Waals surface area (Å²) in [6.07, 6.45) is 16.2. The van der Waals surface area contributed by atoms with E-state index in [0.717, 1.165) is 19.3 Å². The van der Waals surface area contributed by atoms with Crippen LogP contribution >= 0.6 is 0 Å². The summed E-state index contributed by atoms with van der Waals surface area (Å²) in [6, 6.07) is 0. The van der Waals surface area contributed by atoms with Crippen LogP contribution in [0.25, 0.3) is 0 Å². The summed E-state index contributed by atoms with van der Waals surface area (Å²) in [6.45, 7) is 2.20. The lowest BCUT2D eigenvalue weighted by Gasteiger charge is -1.98. The summed E-state index contributed by atoms with van der Waals surface area (Å²) in [5.74, 6) is -0.945. The average molecular weight is 223 g/mol. The first-order valence-corrected chi connectivity index (χ1v) is 6.29. The van der Waals surface area contributed by atoms with Crippen molar-refractivity contribution in [3.63, 3.8) is 0 Å². The lowest BCUT2D eigenvalue weighted by molar-refractivity contribution is -0.305. The fourth-order valence-electron chi connectivity index (χ4n) is 1.39. The fraction of sp³-hybridized carbons (Fsp3) is 0.643. The van der Waals surface area contributed by atoms with Gasteiger partial charge in [-0.1, -0.05) is 44.1 Å². The lowest BCUT2D eigenvalue weighted by atomic mass is 10.2. The third-order valence-corrected chi connectivity index (χ3v) is 2.36. The largest absolute Gasteiger partial charge is 0.550 e. The Morgan fingerprint density at radius 1 is 1.00 bits per heavy atom. The van der Waals surface area contributed by atoms with Crippen molar-refractivity contribution >= 4 is 5.97 Å². The maximum Gasteiger partial charge on any atom is 0.0414 e. The van der Waals surface area contributed by atoms with Gasteiger partial charge in [-0.3, -0.25) is 0 Å². The second-order valence-electron chi connectivity index (χ2n) is 3.97. The van der Waals surface area contributed by atoms with Crippen molar-refractivity contribution in [3.8, 4) is 0 Å². The molecule has 0 bridgehead atoms. The van der Waals surface area contributed by atoms with E-state index in [9.17, 15) is 9.90 Å². The summed E-state index contributed by atoms with van der Waals surface area (Å²) >= 11 is 0. The molecule has 0 aromatic rings. The molecule has 0 saturated carbocycles. The maximum absolute atomic E-state index is 10.1. The van der Waals surface area contributed by atoms with Crippen LogP contribution in [0.4, 0.5) is 0 Å². The number of hydrogen-bond acceptors (Lipinski definition) is 2. The normalized spacial score (nSPS) is 11.6. The zero-order valence-corrected chi connectivity index (χ0v) is 10.3. The number of aliphatic carboxylic acids is 1. The molecule has 0 unspecified atom stereocenters. The molecule has 0 fully saturated rings. The molecular weight excluding hydrogens is 200 g/mol. The minimum atomic E-state index is -0.945. The summed E-state index contributed by atoms with van der Waals surface area (Å²) in [5.41, 5.74) is 0. The zero-order valence-electron chi connectivity index (χ0n) is 10.3. The van der Waals surface area contributed by atoms with E-state index in [4.69, 9.17) is 0 Å². The maximum atomic E-state index is 10.1. The molecule has 0 heterocycles. The van der Waals surface area contributed by atoms with Gasteiger partial charge < -0.3 is 9.90 Å². The van der Waals surface area contributed by atoms with Crippen LogP contribution in [0.15, 0.2) is 24.3 Å². The monoisotopic (exact) mass is 223 g/mol. The summed E-state index contributed by atoms with van der Waals surface area (Å²) in [7, 11) is 0. The molecule has 16 heavy (non-hydrogen) atoms. The lowest BCUT2D eigenvalue weighted by Crippen LogP contribution is -2.21. The van der Waals surface area contributed by atoms with Crippen LogP contribution in [0.5, 0.6) is 0 Å². The predicted molar refractivity (Wildman–Crippen MR) is 65.9 cm³/mol. The highest BCUT2D eigenvalue weighted by atomic mass is 16.4. The third kappa shape index (κ3) is 12.9. The van der Waals surface area contributed by atoms with Gasteiger partial charge in [-0.25, -0.2) is 0 Å². The predicted octanol–water partition coefficient (Wildman–Crippen LogP) is 2.99. The van der Waals surface area contributed by atoms with Crippen molar-refractivity contribution in [2.24, 2.45) is 0 Å². The zero-order chi connectivity index (χ0) is 12.1. The highest BCUT2D eigenvalue weighted by Crippen LogP contribution is 2.01. The third-order valence-electron chi connectivity index (χ3n) is 2.36. The number of rotatable bonds is 10. The molecule has 0 radical (unpaired) electrons. The Morgan fingerprint density at radius 3 is 2.06 bits per heavy atom. The first kappa shape index (κ1) is 14.9. The van der Waals surface area contributed by atoms with Gasteiger partial charge in [0, 0.05) is 5.97 Å². The van der Waals surface area contributed by atoms with Crippen LogP contribution in [-0.2, 0) is 4.79 Å². The molecule has 0 aromatic heterocycles. The van der Waals surface area contributed by atoms with Gasteiger partial charge in [0.25, 0.3) is 0 Å². The van der Waals surface area contributed by atoms with Gasteiger partial charge in [0.15, 0.2) is 0 Å². The molecule has 0 rings (SSSR count). The minimum Gasteiger partial charge on any atom is -0.550 e. The second kappa shape index (κ2) is 12.0. The Labute approximate surface area is 99.1 Å². The van der Waals surface area contributed by atoms with Crippen LogP contribution in [0.3, 0.4) is 0 Å². The van der Waals surface area contributed by atoms with E-state index in [0.29, 0.717) is 6.42 Å². The molecule has 0 aliphatic rings. The van der Waals surface area contributed by atoms with Crippen molar-refractivity contribution < 1.29 is 9.90 Å². The Morgan fingerprint density at radius 2 is 1.56 bits per heavy atom. The van der Waals surface area contributed by atoms with Crippen molar-refractivity contribution in [1.82, 2.24) is 0 Å².